The number of carbonyl (C=O) groups is 1. The van der Waals surface area contributed by atoms with Gasteiger partial charge in [-0.05, 0) is 24.7 Å². The highest BCUT2D eigenvalue weighted by molar-refractivity contribution is 5.72. The Hall–Kier alpha value is -0.900. The van der Waals surface area contributed by atoms with Crippen LogP contribution in [-0.2, 0) is 9.53 Å². The van der Waals surface area contributed by atoms with Gasteiger partial charge in [-0.15, -0.1) is 0 Å². The van der Waals surface area contributed by atoms with Crippen LogP contribution in [0.1, 0.15) is 46.0 Å². The summed E-state index contributed by atoms with van der Waals surface area (Å²) in [6, 6.07) is 0. The number of hydrogen-bond donors (Lipinski definition) is 1. The molecule has 0 radical (unpaired) electrons. The summed E-state index contributed by atoms with van der Waals surface area (Å²) in [5.74, 6) is 0.696. The summed E-state index contributed by atoms with van der Waals surface area (Å²) in [6.45, 7) is 4.13. The lowest BCUT2D eigenvalue weighted by atomic mass is 9.87. The second-order valence-electron chi connectivity index (χ2n) is 6.22. The van der Waals surface area contributed by atoms with Crippen LogP contribution in [0.2, 0.25) is 0 Å². The maximum atomic E-state index is 13.7. The number of ether oxygens (including phenoxy) is 1. The lowest BCUT2D eigenvalue weighted by Gasteiger charge is -2.17. The Kier molecular flexibility index (Phi) is 5.19. The number of aliphatic hydroxyl groups excluding tert-OH is 1. The number of alkyl halides is 1. The minimum Gasteiger partial charge on any atom is -0.462 e. The van der Waals surface area contributed by atoms with E-state index in [1.165, 1.54) is 0 Å². The zero-order valence-corrected chi connectivity index (χ0v) is 12.3. The average Bonchev–Trinajstić information content (AvgIpc) is 2.88. The third kappa shape index (κ3) is 3.40. The van der Waals surface area contributed by atoms with E-state index < -0.39 is 12.3 Å². The fraction of sp³-hybridized carbons (Fsp3) is 0.812. The molecule has 2 fully saturated rings. The Morgan fingerprint density at radius 3 is 3.00 bits per heavy atom. The van der Waals surface area contributed by atoms with Gasteiger partial charge in [-0.3, -0.25) is 4.79 Å². The number of unbranched alkanes of at least 4 members (excludes halogenated alkanes) is 1. The molecule has 0 spiro atoms. The molecule has 0 aromatic carbocycles. The third-order valence-electron chi connectivity index (χ3n) is 4.65. The van der Waals surface area contributed by atoms with Crippen LogP contribution in [-0.4, -0.2) is 29.5 Å². The Morgan fingerprint density at radius 1 is 1.55 bits per heavy atom. The fourth-order valence-corrected chi connectivity index (χ4v) is 3.45. The molecular formula is C16H25FO3. The number of fused-ring (bicyclic) bond motifs is 1. The van der Waals surface area contributed by atoms with Crippen LogP contribution in [0.3, 0.4) is 0 Å². The maximum Gasteiger partial charge on any atom is 0.306 e. The van der Waals surface area contributed by atoms with E-state index >= 15 is 0 Å². The van der Waals surface area contributed by atoms with Crippen molar-refractivity contribution < 1.29 is 19.0 Å². The molecule has 1 aliphatic heterocycles. The molecule has 4 heteroatoms. The van der Waals surface area contributed by atoms with Gasteiger partial charge in [0, 0.05) is 5.92 Å². The molecule has 0 aromatic rings. The number of esters is 1. The molecule has 114 valence electrons. The molecule has 1 saturated carbocycles. The molecule has 0 aromatic heterocycles. The fourth-order valence-electron chi connectivity index (χ4n) is 3.45. The minimum absolute atomic E-state index is 0.0190. The smallest absolute Gasteiger partial charge is 0.306 e. The van der Waals surface area contributed by atoms with Crippen molar-refractivity contribution in [3.63, 3.8) is 0 Å². The maximum absolute atomic E-state index is 13.7. The second kappa shape index (κ2) is 6.70. The molecule has 1 heterocycles. The van der Waals surface area contributed by atoms with Crippen molar-refractivity contribution in [3.05, 3.63) is 12.2 Å². The predicted octanol–water partition coefficient (Wildman–Crippen LogP) is 3.02. The Balaban J connectivity index is 1.91. The van der Waals surface area contributed by atoms with Gasteiger partial charge in [0.05, 0.1) is 6.42 Å². The molecule has 20 heavy (non-hydrogen) atoms. The number of hydrogen-bond acceptors (Lipinski definition) is 3. The Bertz CT molecular complexity index is 369. The van der Waals surface area contributed by atoms with Crippen LogP contribution >= 0.6 is 0 Å². The summed E-state index contributed by atoms with van der Waals surface area (Å²) in [4.78, 5) is 11.3. The zero-order valence-electron chi connectivity index (χ0n) is 12.3. The first-order valence-corrected chi connectivity index (χ1v) is 7.72. The van der Waals surface area contributed by atoms with E-state index in [0.29, 0.717) is 18.8 Å². The molecule has 0 amide bonds. The van der Waals surface area contributed by atoms with Crippen molar-refractivity contribution in [2.75, 3.05) is 0 Å². The summed E-state index contributed by atoms with van der Waals surface area (Å²) in [5.41, 5.74) is 0. The van der Waals surface area contributed by atoms with Crippen LogP contribution in [0, 0.1) is 17.8 Å². The van der Waals surface area contributed by atoms with E-state index in [4.69, 9.17) is 4.74 Å². The number of rotatable bonds is 6. The summed E-state index contributed by atoms with van der Waals surface area (Å²) in [6.07, 6.45) is 4.71. The highest BCUT2D eigenvalue weighted by Gasteiger charge is 2.47. The summed E-state index contributed by atoms with van der Waals surface area (Å²) >= 11 is 0. The number of carbonyl (C=O) groups excluding carboxylic acids is 1. The van der Waals surface area contributed by atoms with Gasteiger partial charge in [-0.25, -0.2) is 4.39 Å². The van der Waals surface area contributed by atoms with Crippen molar-refractivity contribution >= 4 is 5.97 Å². The van der Waals surface area contributed by atoms with E-state index in [1.54, 1.807) is 6.08 Å². The molecule has 1 saturated heterocycles. The van der Waals surface area contributed by atoms with Crippen molar-refractivity contribution in [3.8, 4) is 0 Å². The normalized spacial score (nSPS) is 36.1. The van der Waals surface area contributed by atoms with Crippen molar-refractivity contribution in [2.45, 2.75) is 64.3 Å². The highest BCUT2D eigenvalue weighted by Crippen LogP contribution is 2.45. The standard InChI is InChI=1S/C16H25FO3/c1-3-4-5-13(17)14(18)7-6-11-10(2)8-15-12(11)9-16(19)20-15/h6-7,10-15,18H,3-5,8-9H2,1-2H3/t10-,11+,12-,13+,14+,15+/m1/s1. The topological polar surface area (TPSA) is 46.5 Å². The number of allylic oxidation sites excluding steroid dienone is 1. The van der Waals surface area contributed by atoms with E-state index in [-0.39, 0.29) is 23.9 Å². The van der Waals surface area contributed by atoms with Crippen LogP contribution in [0.25, 0.3) is 0 Å². The first-order chi connectivity index (χ1) is 9.52. The SMILES string of the molecule is CCCC[C@H](F)[C@@H](O)C=C[C@@H]1[C@H]2CC(=O)O[C@H]2C[C@H]1C. The van der Waals surface area contributed by atoms with Gasteiger partial charge < -0.3 is 9.84 Å². The summed E-state index contributed by atoms with van der Waals surface area (Å²) in [5, 5.41) is 9.82. The van der Waals surface area contributed by atoms with E-state index in [1.807, 2.05) is 13.0 Å². The van der Waals surface area contributed by atoms with E-state index in [2.05, 4.69) is 6.92 Å². The highest BCUT2D eigenvalue weighted by atomic mass is 19.1. The molecule has 1 N–H and O–H groups in total. The van der Waals surface area contributed by atoms with Crippen LogP contribution in [0.15, 0.2) is 12.2 Å². The third-order valence-corrected chi connectivity index (χ3v) is 4.65. The summed E-state index contributed by atoms with van der Waals surface area (Å²) < 4.78 is 19.0. The van der Waals surface area contributed by atoms with Gasteiger partial charge >= 0.3 is 5.97 Å². The van der Waals surface area contributed by atoms with Gasteiger partial charge in [0.25, 0.3) is 0 Å². The van der Waals surface area contributed by atoms with E-state index in [9.17, 15) is 14.3 Å². The molecule has 0 unspecified atom stereocenters. The van der Waals surface area contributed by atoms with Gasteiger partial charge in [0.15, 0.2) is 0 Å². The van der Waals surface area contributed by atoms with Crippen LogP contribution in [0.4, 0.5) is 4.39 Å². The van der Waals surface area contributed by atoms with E-state index in [0.717, 1.165) is 19.3 Å². The van der Waals surface area contributed by atoms with Crippen molar-refractivity contribution in [2.24, 2.45) is 17.8 Å². The lowest BCUT2D eigenvalue weighted by molar-refractivity contribution is -0.141. The second-order valence-corrected chi connectivity index (χ2v) is 6.22. The molecule has 2 aliphatic rings. The van der Waals surface area contributed by atoms with Gasteiger partial charge in [0.1, 0.15) is 18.4 Å². The van der Waals surface area contributed by atoms with Gasteiger partial charge in [-0.2, -0.15) is 0 Å². The predicted molar refractivity (Wildman–Crippen MR) is 74.8 cm³/mol. The molecular weight excluding hydrogens is 259 g/mol. The minimum atomic E-state index is -1.19. The van der Waals surface area contributed by atoms with Gasteiger partial charge in [-0.1, -0.05) is 38.8 Å². The van der Waals surface area contributed by atoms with Crippen molar-refractivity contribution in [1.82, 2.24) is 0 Å². The molecule has 3 nitrogen and oxygen atoms in total. The Labute approximate surface area is 120 Å². The Morgan fingerprint density at radius 2 is 2.30 bits per heavy atom. The molecule has 2 rings (SSSR count). The summed E-state index contributed by atoms with van der Waals surface area (Å²) in [7, 11) is 0. The average molecular weight is 284 g/mol. The quantitative estimate of drug-likeness (QED) is 0.602. The first kappa shape index (κ1) is 15.5. The number of aliphatic hydroxyl groups is 1. The monoisotopic (exact) mass is 284 g/mol. The number of halogens is 1. The van der Waals surface area contributed by atoms with Crippen LogP contribution in [0.5, 0.6) is 0 Å². The van der Waals surface area contributed by atoms with Gasteiger partial charge in [0.2, 0.25) is 0 Å². The molecule has 1 aliphatic carbocycles. The van der Waals surface area contributed by atoms with Crippen molar-refractivity contribution in [1.29, 1.82) is 0 Å². The molecule has 0 bridgehead atoms. The zero-order chi connectivity index (χ0) is 14.7. The molecule has 6 atom stereocenters. The first-order valence-electron chi connectivity index (χ1n) is 7.72. The lowest BCUT2D eigenvalue weighted by Crippen LogP contribution is -2.20. The largest absolute Gasteiger partial charge is 0.462 e. The van der Waals surface area contributed by atoms with Crippen LogP contribution < -0.4 is 0 Å².